The van der Waals surface area contributed by atoms with Crippen molar-refractivity contribution in [3.05, 3.63) is 42.1 Å². The Morgan fingerprint density at radius 2 is 2.11 bits per heavy atom. The molecular weight excluding hydrogens is 232 g/mol. The van der Waals surface area contributed by atoms with Crippen molar-refractivity contribution in [1.29, 1.82) is 0 Å². The van der Waals surface area contributed by atoms with Crippen molar-refractivity contribution in [2.45, 2.75) is 6.10 Å². The number of fused-ring (bicyclic) bond motifs is 3. The number of benzene rings is 1. The van der Waals surface area contributed by atoms with Crippen LogP contribution in [-0.2, 0) is 4.79 Å². The summed E-state index contributed by atoms with van der Waals surface area (Å²) in [4.78, 5) is 18.1. The Bertz CT molecular complexity index is 748. The van der Waals surface area contributed by atoms with Crippen LogP contribution in [0, 0.1) is 0 Å². The largest absolute Gasteiger partial charge is 0.479 e. The SMILES string of the molecule is O=C(O)C(O)c1ccc2[nH]c3ncccc3c2c1. The number of aromatic amines is 1. The fourth-order valence-electron chi connectivity index (χ4n) is 2.06. The molecule has 0 aliphatic carbocycles. The van der Waals surface area contributed by atoms with E-state index in [4.69, 9.17) is 5.11 Å². The van der Waals surface area contributed by atoms with Crippen LogP contribution in [-0.4, -0.2) is 26.2 Å². The molecule has 0 bridgehead atoms. The Kier molecular flexibility index (Phi) is 2.28. The van der Waals surface area contributed by atoms with E-state index in [1.54, 1.807) is 24.4 Å². The summed E-state index contributed by atoms with van der Waals surface area (Å²) in [6.07, 6.45) is 0.182. The van der Waals surface area contributed by atoms with E-state index < -0.39 is 12.1 Å². The van der Waals surface area contributed by atoms with Gasteiger partial charge in [-0.2, -0.15) is 0 Å². The second-order valence-electron chi connectivity index (χ2n) is 4.07. The highest BCUT2D eigenvalue weighted by Gasteiger charge is 2.17. The highest BCUT2D eigenvalue weighted by molar-refractivity contribution is 6.06. The highest BCUT2D eigenvalue weighted by atomic mass is 16.4. The summed E-state index contributed by atoms with van der Waals surface area (Å²) in [6, 6.07) is 8.73. The number of aliphatic hydroxyl groups excluding tert-OH is 1. The van der Waals surface area contributed by atoms with Crippen LogP contribution in [0.2, 0.25) is 0 Å². The maximum absolute atomic E-state index is 10.8. The molecule has 18 heavy (non-hydrogen) atoms. The molecule has 0 aliphatic heterocycles. The maximum atomic E-state index is 10.8. The van der Waals surface area contributed by atoms with Gasteiger partial charge in [0.1, 0.15) is 5.65 Å². The molecule has 0 aliphatic rings. The Hall–Kier alpha value is -2.40. The van der Waals surface area contributed by atoms with Gasteiger partial charge in [-0.15, -0.1) is 0 Å². The Morgan fingerprint density at radius 1 is 1.28 bits per heavy atom. The Balaban J connectivity index is 2.27. The lowest BCUT2D eigenvalue weighted by atomic mass is 10.1. The molecule has 0 radical (unpaired) electrons. The van der Waals surface area contributed by atoms with Crippen LogP contribution in [0.25, 0.3) is 21.9 Å². The van der Waals surface area contributed by atoms with E-state index in [0.29, 0.717) is 5.56 Å². The number of aliphatic hydroxyl groups is 1. The second kappa shape index (κ2) is 3.82. The van der Waals surface area contributed by atoms with Crippen LogP contribution in [0.4, 0.5) is 0 Å². The molecule has 5 nitrogen and oxygen atoms in total. The first-order valence-corrected chi connectivity index (χ1v) is 5.44. The standard InChI is InChI=1S/C13H10N2O3/c16-11(13(17)18)7-3-4-10-9(6-7)8-2-1-5-14-12(8)15-10/h1-6,11,16H,(H,14,15)(H,17,18). The van der Waals surface area contributed by atoms with Crippen LogP contribution in [0.15, 0.2) is 36.5 Å². The minimum absolute atomic E-state index is 0.361. The number of nitrogens with one attached hydrogen (secondary N) is 1. The molecule has 90 valence electrons. The molecular formula is C13H10N2O3. The van der Waals surface area contributed by atoms with Gasteiger partial charge < -0.3 is 15.2 Å². The molecule has 5 heteroatoms. The number of carboxylic acids is 1. The number of hydrogen-bond acceptors (Lipinski definition) is 3. The first kappa shape index (κ1) is 10.7. The second-order valence-corrected chi connectivity index (χ2v) is 4.07. The van der Waals surface area contributed by atoms with Crippen molar-refractivity contribution >= 4 is 27.9 Å². The van der Waals surface area contributed by atoms with Crippen molar-refractivity contribution < 1.29 is 15.0 Å². The minimum atomic E-state index is -1.50. The lowest BCUT2D eigenvalue weighted by Crippen LogP contribution is -2.10. The number of H-pyrrole nitrogens is 1. The number of hydrogen-bond donors (Lipinski definition) is 3. The molecule has 1 aromatic carbocycles. The third-order valence-corrected chi connectivity index (χ3v) is 2.94. The van der Waals surface area contributed by atoms with Crippen molar-refractivity contribution in [1.82, 2.24) is 9.97 Å². The van der Waals surface area contributed by atoms with Crippen molar-refractivity contribution in [3.8, 4) is 0 Å². The average molecular weight is 242 g/mol. The quantitative estimate of drug-likeness (QED) is 0.640. The predicted octanol–water partition coefficient (Wildman–Crippen LogP) is 1.83. The van der Waals surface area contributed by atoms with E-state index in [0.717, 1.165) is 21.9 Å². The molecule has 0 fully saturated rings. The van der Waals surface area contributed by atoms with Gasteiger partial charge in [-0.1, -0.05) is 6.07 Å². The van der Waals surface area contributed by atoms with Gasteiger partial charge in [-0.3, -0.25) is 0 Å². The Morgan fingerprint density at radius 3 is 2.89 bits per heavy atom. The zero-order valence-corrected chi connectivity index (χ0v) is 9.29. The summed E-state index contributed by atoms with van der Waals surface area (Å²) in [6.45, 7) is 0. The number of aromatic nitrogens is 2. The van der Waals surface area contributed by atoms with E-state index in [1.165, 1.54) is 0 Å². The average Bonchev–Trinajstić information content (AvgIpc) is 2.75. The van der Waals surface area contributed by atoms with Crippen molar-refractivity contribution in [2.75, 3.05) is 0 Å². The van der Waals surface area contributed by atoms with Gasteiger partial charge in [-0.25, -0.2) is 9.78 Å². The van der Waals surface area contributed by atoms with Gasteiger partial charge in [0, 0.05) is 22.5 Å². The first-order chi connectivity index (χ1) is 8.66. The zero-order chi connectivity index (χ0) is 12.7. The molecule has 2 heterocycles. The fourth-order valence-corrected chi connectivity index (χ4v) is 2.06. The summed E-state index contributed by atoms with van der Waals surface area (Å²) in [5.41, 5.74) is 1.97. The third-order valence-electron chi connectivity index (χ3n) is 2.94. The summed E-state index contributed by atoms with van der Waals surface area (Å²) in [5, 5.41) is 20.1. The zero-order valence-electron chi connectivity index (χ0n) is 9.29. The molecule has 3 N–H and O–H groups in total. The summed E-state index contributed by atoms with van der Waals surface area (Å²) < 4.78 is 0. The van der Waals surface area contributed by atoms with Gasteiger partial charge >= 0.3 is 5.97 Å². The van der Waals surface area contributed by atoms with Crippen molar-refractivity contribution in [3.63, 3.8) is 0 Å². The van der Waals surface area contributed by atoms with Crippen LogP contribution in [0.1, 0.15) is 11.7 Å². The first-order valence-electron chi connectivity index (χ1n) is 5.44. The van der Waals surface area contributed by atoms with Crippen molar-refractivity contribution in [2.24, 2.45) is 0 Å². The molecule has 0 saturated carbocycles. The van der Waals surface area contributed by atoms with Gasteiger partial charge in [0.15, 0.2) is 6.10 Å². The molecule has 0 spiro atoms. The third kappa shape index (κ3) is 1.53. The monoisotopic (exact) mass is 242 g/mol. The van der Waals surface area contributed by atoms with E-state index in [-0.39, 0.29) is 0 Å². The summed E-state index contributed by atoms with van der Waals surface area (Å²) in [7, 11) is 0. The van der Waals surface area contributed by atoms with Crippen LogP contribution in [0.3, 0.4) is 0 Å². The number of carboxylic acid groups (broad SMARTS) is 1. The van der Waals surface area contributed by atoms with E-state index in [1.807, 2.05) is 12.1 Å². The highest BCUT2D eigenvalue weighted by Crippen LogP contribution is 2.26. The number of nitrogens with zero attached hydrogens (tertiary/aromatic N) is 1. The summed E-state index contributed by atoms with van der Waals surface area (Å²) >= 11 is 0. The fraction of sp³-hybridized carbons (Fsp3) is 0.0769. The Labute approximate surface area is 102 Å². The molecule has 2 aromatic heterocycles. The maximum Gasteiger partial charge on any atom is 0.337 e. The van der Waals surface area contributed by atoms with E-state index in [2.05, 4.69) is 9.97 Å². The van der Waals surface area contributed by atoms with Gasteiger partial charge in [0.05, 0.1) is 0 Å². The lowest BCUT2D eigenvalue weighted by molar-refractivity contribution is -0.146. The van der Waals surface area contributed by atoms with Crippen LogP contribution >= 0.6 is 0 Å². The molecule has 3 rings (SSSR count). The van der Waals surface area contributed by atoms with Gasteiger partial charge in [-0.05, 0) is 29.8 Å². The summed E-state index contributed by atoms with van der Waals surface area (Å²) in [5.74, 6) is -1.26. The lowest BCUT2D eigenvalue weighted by Gasteiger charge is -2.05. The number of aliphatic carboxylic acids is 1. The smallest absolute Gasteiger partial charge is 0.337 e. The normalized spacial score (nSPS) is 12.9. The molecule has 0 amide bonds. The van der Waals surface area contributed by atoms with Gasteiger partial charge in [0.2, 0.25) is 0 Å². The molecule has 1 atom stereocenters. The predicted molar refractivity (Wildman–Crippen MR) is 66.2 cm³/mol. The molecule has 3 aromatic rings. The molecule has 1 unspecified atom stereocenters. The van der Waals surface area contributed by atoms with E-state index >= 15 is 0 Å². The number of pyridine rings is 1. The topological polar surface area (TPSA) is 86.2 Å². The van der Waals surface area contributed by atoms with E-state index in [9.17, 15) is 9.90 Å². The van der Waals surface area contributed by atoms with Gasteiger partial charge in [0.25, 0.3) is 0 Å². The van der Waals surface area contributed by atoms with Crippen LogP contribution in [0.5, 0.6) is 0 Å². The number of carbonyl (C=O) groups is 1. The molecule has 0 saturated heterocycles. The minimum Gasteiger partial charge on any atom is -0.479 e. The van der Waals surface area contributed by atoms with Crippen LogP contribution < -0.4 is 0 Å². The number of rotatable bonds is 2.